The van der Waals surface area contributed by atoms with Crippen molar-refractivity contribution in [3.05, 3.63) is 65.7 Å². The number of carbonyl (C=O) groups excluding carboxylic acids is 1. The molecule has 2 aromatic carbocycles. The first-order valence-corrected chi connectivity index (χ1v) is 11.3. The van der Waals surface area contributed by atoms with Crippen molar-refractivity contribution < 1.29 is 9.69 Å². The molecular weight excluding hydrogens is 365 g/mol. The van der Waals surface area contributed by atoms with Crippen LogP contribution in [0.15, 0.2) is 59.6 Å². The van der Waals surface area contributed by atoms with Gasteiger partial charge >= 0.3 is 0 Å². The molecule has 2 aliphatic heterocycles. The van der Waals surface area contributed by atoms with E-state index in [1.807, 2.05) is 66.2 Å². The van der Waals surface area contributed by atoms with Gasteiger partial charge in [0.05, 0.1) is 30.9 Å². The third-order valence-corrected chi connectivity index (χ3v) is 9.33. The molecule has 2 heterocycles. The van der Waals surface area contributed by atoms with Crippen molar-refractivity contribution in [2.75, 3.05) is 23.5 Å². The Labute approximate surface area is 158 Å². The van der Waals surface area contributed by atoms with Crippen molar-refractivity contribution in [2.24, 2.45) is 4.99 Å². The summed E-state index contributed by atoms with van der Waals surface area (Å²) in [6.45, 7) is 3.48. The number of para-hydroxylation sites is 1. The summed E-state index contributed by atoms with van der Waals surface area (Å²) in [4.78, 5) is 32.5. The van der Waals surface area contributed by atoms with Crippen LogP contribution in [0.25, 0.3) is 0 Å². The molecule has 2 aromatic rings. The van der Waals surface area contributed by atoms with E-state index in [4.69, 9.17) is 4.99 Å². The lowest BCUT2D eigenvalue weighted by molar-refractivity contribution is -0.175. The normalized spacial score (nSPS) is 23.8. The minimum absolute atomic E-state index is 0.152. The number of hydrogen-bond donors (Lipinski definition) is 0. The molecule has 1 atom stereocenters. The van der Waals surface area contributed by atoms with Crippen LogP contribution < -0.4 is 9.56 Å². The fourth-order valence-electron chi connectivity index (χ4n) is 3.41. The number of nitrogens with zero attached hydrogens (tertiary/aromatic N) is 3. The summed E-state index contributed by atoms with van der Waals surface area (Å²) in [5, 5.41) is 0. The fourth-order valence-corrected chi connectivity index (χ4v) is 8.20. The second-order valence-corrected chi connectivity index (χ2v) is 10.0. The minimum Gasteiger partial charge on any atom is -0.637 e. The predicted molar refractivity (Wildman–Crippen MR) is 107 cm³/mol. The number of benzene rings is 2. The number of rotatable bonds is 3. The Morgan fingerprint density at radius 1 is 1.15 bits per heavy atom. The molecule has 0 spiro atoms. The first-order valence-electron chi connectivity index (χ1n) is 8.67. The van der Waals surface area contributed by atoms with E-state index < -0.39 is 7.79 Å². The van der Waals surface area contributed by atoms with Crippen LogP contribution in [0.2, 0.25) is 0 Å². The highest BCUT2D eigenvalue weighted by Gasteiger charge is 2.56. The Morgan fingerprint density at radius 2 is 1.88 bits per heavy atom. The van der Waals surface area contributed by atoms with Gasteiger partial charge in [-0.15, -0.1) is 0 Å². The lowest BCUT2D eigenvalue weighted by atomic mass is 10.1. The van der Waals surface area contributed by atoms with Gasteiger partial charge in [0, 0.05) is 5.75 Å². The summed E-state index contributed by atoms with van der Waals surface area (Å²) in [6, 6.07) is 17.3. The topological polar surface area (TPSA) is 59.0 Å². The number of carbonyl (C=O) groups is 1. The van der Waals surface area contributed by atoms with Gasteiger partial charge in [-0.2, -0.15) is 4.67 Å². The molecule has 0 bridgehead atoms. The van der Waals surface area contributed by atoms with E-state index in [-0.39, 0.29) is 5.91 Å². The summed E-state index contributed by atoms with van der Waals surface area (Å²) < 4.78 is 3.43. The summed E-state index contributed by atoms with van der Waals surface area (Å²) in [6.07, 6.45) is 0. The number of aliphatic imine (C=N–C) groups is 1. The van der Waals surface area contributed by atoms with Crippen LogP contribution in [0.5, 0.6) is 0 Å². The van der Waals surface area contributed by atoms with Crippen molar-refractivity contribution in [1.82, 2.24) is 4.67 Å². The highest BCUT2D eigenvalue weighted by atomic mass is 32.2. The van der Waals surface area contributed by atoms with Gasteiger partial charge in [-0.25, -0.2) is 9.66 Å². The molecule has 1 amide bonds. The van der Waals surface area contributed by atoms with Gasteiger partial charge in [-0.3, -0.25) is 4.79 Å². The lowest BCUT2D eigenvalue weighted by Crippen LogP contribution is -2.54. The van der Waals surface area contributed by atoms with Crippen LogP contribution in [0.4, 0.5) is 5.69 Å². The molecule has 0 saturated carbocycles. The molecule has 5 nitrogen and oxygen atoms in total. The van der Waals surface area contributed by atoms with Gasteiger partial charge < -0.3 is 4.89 Å². The van der Waals surface area contributed by atoms with E-state index >= 15 is 0 Å². The smallest absolute Gasteiger partial charge is 0.289 e. The van der Waals surface area contributed by atoms with Gasteiger partial charge in [0.1, 0.15) is 0 Å². The summed E-state index contributed by atoms with van der Waals surface area (Å²) in [5.41, 5.74) is 2.43. The van der Waals surface area contributed by atoms with Crippen LogP contribution in [-0.4, -0.2) is 34.2 Å². The van der Waals surface area contributed by atoms with Gasteiger partial charge in [0.2, 0.25) is 7.79 Å². The predicted octanol–water partition coefficient (Wildman–Crippen LogP) is 3.39. The average molecular weight is 385 g/mol. The third kappa shape index (κ3) is 2.73. The molecule has 0 N–H and O–H groups in total. The van der Waals surface area contributed by atoms with Crippen LogP contribution in [0.1, 0.15) is 22.8 Å². The fraction of sp³-hybridized carbons (Fsp3) is 0.263. The first kappa shape index (κ1) is 17.5. The van der Waals surface area contributed by atoms with Crippen LogP contribution in [0.3, 0.4) is 0 Å². The Balaban J connectivity index is 1.78. The van der Waals surface area contributed by atoms with Crippen LogP contribution >= 0.6 is 19.6 Å². The maximum Gasteiger partial charge on any atom is 0.289 e. The van der Waals surface area contributed by atoms with Crippen molar-refractivity contribution in [3.8, 4) is 0 Å². The Kier molecular flexibility index (Phi) is 4.74. The number of fused-ring (bicyclic) bond motifs is 2. The zero-order valence-electron chi connectivity index (χ0n) is 14.5. The highest BCUT2D eigenvalue weighted by Crippen LogP contribution is 2.67. The molecule has 0 aromatic heterocycles. The molecule has 1 unspecified atom stereocenters. The Morgan fingerprint density at radius 3 is 2.65 bits per heavy atom. The first-order chi connectivity index (χ1) is 12.7. The largest absolute Gasteiger partial charge is 0.637 e. The van der Waals surface area contributed by atoms with Gasteiger partial charge in [-0.1, -0.05) is 54.2 Å². The molecule has 134 valence electrons. The van der Waals surface area contributed by atoms with E-state index in [9.17, 15) is 9.69 Å². The molecule has 0 aliphatic carbocycles. The summed E-state index contributed by atoms with van der Waals surface area (Å²) in [7, 11) is -3.23. The SMILES string of the molecule is CCN1c2ccccc2C(=O)N2CCSC(=NCc3ccccc3)[P+]21[O-]. The van der Waals surface area contributed by atoms with E-state index in [1.165, 1.54) is 11.8 Å². The second kappa shape index (κ2) is 7.03. The molecule has 7 heteroatoms. The van der Waals surface area contributed by atoms with Gasteiger partial charge in [0.25, 0.3) is 10.7 Å². The van der Waals surface area contributed by atoms with E-state index in [1.54, 1.807) is 4.67 Å². The van der Waals surface area contributed by atoms with Gasteiger partial charge in [-0.05, 0) is 24.6 Å². The van der Waals surface area contributed by atoms with E-state index in [0.717, 1.165) is 11.3 Å². The molecular formula is C19H20N3O2PS. The monoisotopic (exact) mass is 385 g/mol. The highest BCUT2D eigenvalue weighted by molar-refractivity contribution is 8.28. The maximum atomic E-state index is 14.2. The quantitative estimate of drug-likeness (QED) is 0.760. The van der Waals surface area contributed by atoms with Crippen LogP contribution in [-0.2, 0) is 6.54 Å². The molecule has 4 rings (SSSR count). The van der Waals surface area contributed by atoms with Crippen molar-refractivity contribution in [1.29, 1.82) is 0 Å². The van der Waals surface area contributed by atoms with E-state index in [2.05, 4.69) is 0 Å². The maximum absolute atomic E-state index is 14.2. The second-order valence-electron chi connectivity index (χ2n) is 6.14. The Bertz CT molecular complexity index is 861. The lowest BCUT2D eigenvalue weighted by Gasteiger charge is -2.51. The number of amides is 1. The zero-order valence-corrected chi connectivity index (χ0v) is 16.2. The minimum atomic E-state index is -3.23. The molecule has 1 saturated heterocycles. The number of thioether (sulfide) groups is 1. The molecule has 2 aliphatic rings. The standard InChI is InChI=1S/C19H20N3O2PS/c1-2-21-17-11-7-6-10-16(17)18(23)22-12-13-26-19(25(21,22)24)20-14-15-8-4-3-5-9-15/h3-11H,2,12-14H2,1H3. The summed E-state index contributed by atoms with van der Waals surface area (Å²) in [5.74, 6) is 0.560. The van der Waals surface area contributed by atoms with Crippen molar-refractivity contribution in [2.45, 2.75) is 13.5 Å². The summed E-state index contributed by atoms with van der Waals surface area (Å²) >= 11 is 1.51. The Hall–Kier alpha value is -1.88. The number of hydrogen-bond acceptors (Lipinski definition) is 5. The van der Waals surface area contributed by atoms with Crippen molar-refractivity contribution >= 4 is 35.9 Å². The van der Waals surface area contributed by atoms with Crippen molar-refractivity contribution in [3.63, 3.8) is 0 Å². The number of anilines is 1. The zero-order chi connectivity index (χ0) is 18.1. The molecule has 1 fully saturated rings. The van der Waals surface area contributed by atoms with Crippen LogP contribution in [0, 0.1) is 0 Å². The average Bonchev–Trinajstić information content (AvgIpc) is 2.68. The molecule has 26 heavy (non-hydrogen) atoms. The third-order valence-electron chi connectivity index (χ3n) is 4.62. The van der Waals surface area contributed by atoms with Gasteiger partial charge in [0.15, 0.2) is 0 Å². The van der Waals surface area contributed by atoms with E-state index in [0.29, 0.717) is 35.7 Å². The molecule has 0 radical (unpaired) electrons.